The van der Waals surface area contributed by atoms with Gasteiger partial charge >= 0.3 is 11.9 Å². The standard InChI is InChI=1S/C22H28Cl2N2O6/c1-4-32-22(28)19-16(12-31-11-10-30-9-8-25)26-13(2)17(21(27)29-3)18(19)14-6-5-7-15(23)20(14)24/h5-7,18,26H,4,8-12,25H2,1-3H3/t18-/m1/s1/i3-1. The summed E-state index contributed by atoms with van der Waals surface area (Å²) in [7, 11) is 1.27. The third-order valence-corrected chi connectivity index (χ3v) is 5.55. The summed E-state index contributed by atoms with van der Waals surface area (Å²) in [6, 6.07) is 5.03. The van der Waals surface area contributed by atoms with E-state index in [-0.39, 0.29) is 36.0 Å². The molecule has 0 unspecified atom stereocenters. The lowest BCUT2D eigenvalue weighted by molar-refractivity contribution is -0.139. The molecule has 0 spiro atoms. The van der Waals surface area contributed by atoms with Crippen molar-refractivity contribution in [1.82, 2.24) is 5.32 Å². The molecule has 0 aromatic heterocycles. The summed E-state index contributed by atoms with van der Waals surface area (Å²) in [6.07, 6.45) is 0. The van der Waals surface area contributed by atoms with Crippen molar-refractivity contribution in [2.45, 2.75) is 19.8 Å². The molecule has 1 aliphatic heterocycles. The number of ether oxygens (including phenoxy) is 4. The van der Waals surface area contributed by atoms with Crippen LogP contribution in [0.25, 0.3) is 0 Å². The zero-order valence-corrected chi connectivity index (χ0v) is 19.8. The summed E-state index contributed by atoms with van der Waals surface area (Å²) in [4.78, 5) is 25.8. The van der Waals surface area contributed by atoms with E-state index in [1.807, 2.05) is 0 Å². The van der Waals surface area contributed by atoms with Gasteiger partial charge in [-0.05, 0) is 25.5 Å². The maximum atomic E-state index is 13.1. The van der Waals surface area contributed by atoms with Gasteiger partial charge in [-0.1, -0.05) is 35.3 Å². The minimum absolute atomic E-state index is 0.0562. The highest BCUT2D eigenvalue weighted by Crippen LogP contribution is 2.43. The number of carbonyl (C=O) groups is 2. The Morgan fingerprint density at radius 2 is 1.81 bits per heavy atom. The van der Waals surface area contributed by atoms with E-state index < -0.39 is 17.9 Å². The van der Waals surface area contributed by atoms with E-state index in [0.29, 0.717) is 41.7 Å². The van der Waals surface area contributed by atoms with Crippen LogP contribution in [0, 0.1) is 0 Å². The van der Waals surface area contributed by atoms with Crippen LogP contribution in [0.15, 0.2) is 40.7 Å². The fourth-order valence-electron chi connectivity index (χ4n) is 3.37. The monoisotopic (exact) mass is 485 g/mol. The van der Waals surface area contributed by atoms with E-state index in [0.717, 1.165) is 0 Å². The Kier molecular flexibility index (Phi) is 10.5. The highest BCUT2D eigenvalue weighted by molar-refractivity contribution is 6.42. The smallest absolute Gasteiger partial charge is 0.336 e. The fourth-order valence-corrected chi connectivity index (χ4v) is 3.79. The van der Waals surface area contributed by atoms with Crippen molar-refractivity contribution in [3.05, 3.63) is 56.3 Å². The molecule has 1 heterocycles. The third kappa shape index (κ3) is 6.24. The van der Waals surface area contributed by atoms with E-state index >= 15 is 0 Å². The van der Waals surface area contributed by atoms with Crippen LogP contribution in [0.5, 0.6) is 0 Å². The van der Waals surface area contributed by atoms with Crippen molar-refractivity contribution >= 4 is 35.1 Å². The van der Waals surface area contributed by atoms with Crippen LogP contribution in [0.2, 0.25) is 10.0 Å². The number of hydrogen-bond acceptors (Lipinski definition) is 8. The van der Waals surface area contributed by atoms with Crippen LogP contribution in [-0.2, 0) is 28.5 Å². The molecule has 0 saturated heterocycles. The summed E-state index contributed by atoms with van der Waals surface area (Å²) >= 11 is 12.7. The van der Waals surface area contributed by atoms with Gasteiger partial charge in [-0.15, -0.1) is 0 Å². The largest absolute Gasteiger partial charge is 0.466 e. The zero-order valence-electron chi connectivity index (χ0n) is 18.3. The zero-order chi connectivity index (χ0) is 23.7. The molecule has 0 bridgehead atoms. The normalized spacial score (nSPS) is 16.1. The van der Waals surface area contributed by atoms with E-state index in [2.05, 4.69) is 5.32 Å². The van der Waals surface area contributed by atoms with Gasteiger partial charge in [0.1, 0.15) is 0 Å². The Hall–Kier alpha value is -2.10. The lowest BCUT2D eigenvalue weighted by atomic mass is 9.80. The van der Waals surface area contributed by atoms with Crippen LogP contribution < -0.4 is 11.1 Å². The second-order valence-electron chi connectivity index (χ2n) is 6.80. The average molecular weight is 486 g/mol. The number of nitrogens with two attached hydrogens (primary N) is 1. The predicted molar refractivity (Wildman–Crippen MR) is 121 cm³/mol. The van der Waals surface area contributed by atoms with E-state index in [1.165, 1.54) is 7.11 Å². The lowest BCUT2D eigenvalue weighted by Gasteiger charge is -2.31. The number of benzene rings is 1. The van der Waals surface area contributed by atoms with Gasteiger partial charge in [-0.2, -0.15) is 0 Å². The quantitative estimate of drug-likeness (QED) is 0.363. The van der Waals surface area contributed by atoms with Gasteiger partial charge in [-0.3, -0.25) is 0 Å². The van der Waals surface area contributed by atoms with Gasteiger partial charge in [0.2, 0.25) is 0 Å². The molecular formula is C22H28Cl2N2O6. The highest BCUT2D eigenvalue weighted by Gasteiger charge is 2.40. The molecule has 0 amide bonds. The van der Waals surface area contributed by atoms with Crippen molar-refractivity contribution in [3.8, 4) is 0 Å². The van der Waals surface area contributed by atoms with E-state index in [1.54, 1.807) is 32.0 Å². The molecule has 0 aliphatic carbocycles. The van der Waals surface area contributed by atoms with Gasteiger partial charge in [0.25, 0.3) is 0 Å². The number of hydrogen-bond donors (Lipinski definition) is 2. The number of dihydropyridines is 1. The molecule has 0 radical (unpaired) electrons. The molecule has 176 valence electrons. The van der Waals surface area contributed by atoms with E-state index in [4.69, 9.17) is 47.9 Å². The number of methoxy groups -OCH3 is 1. The highest BCUT2D eigenvalue weighted by atomic mass is 35.5. The molecule has 1 atom stereocenters. The van der Waals surface area contributed by atoms with E-state index in [9.17, 15) is 9.59 Å². The average Bonchev–Trinajstić information content (AvgIpc) is 2.77. The van der Waals surface area contributed by atoms with Gasteiger partial charge < -0.3 is 30.0 Å². The molecule has 2 rings (SSSR count). The molecule has 1 aromatic rings. The molecule has 32 heavy (non-hydrogen) atoms. The number of esters is 2. The second kappa shape index (κ2) is 12.8. The molecule has 0 fully saturated rings. The minimum atomic E-state index is -0.860. The van der Waals surface area contributed by atoms with Crippen LogP contribution in [0.1, 0.15) is 25.3 Å². The molecular weight excluding hydrogens is 458 g/mol. The topological polar surface area (TPSA) is 109 Å². The van der Waals surface area contributed by atoms with Crippen LogP contribution >= 0.6 is 23.2 Å². The number of rotatable bonds is 11. The van der Waals surface area contributed by atoms with Gasteiger partial charge in [0.05, 0.1) is 73.0 Å². The number of halogens is 2. The minimum Gasteiger partial charge on any atom is -0.466 e. The predicted octanol–water partition coefficient (Wildman–Crippen LogP) is 2.94. The molecule has 3 N–H and O–H groups in total. The molecule has 1 aliphatic rings. The fraction of sp³-hybridized carbons (Fsp3) is 0.455. The summed E-state index contributed by atoms with van der Waals surface area (Å²) in [6.45, 7) is 5.10. The van der Waals surface area contributed by atoms with Crippen molar-refractivity contribution in [3.63, 3.8) is 0 Å². The van der Waals surface area contributed by atoms with Crippen molar-refractivity contribution in [2.24, 2.45) is 5.73 Å². The van der Waals surface area contributed by atoms with Crippen LogP contribution in [0.3, 0.4) is 0 Å². The van der Waals surface area contributed by atoms with Crippen LogP contribution in [-0.4, -0.2) is 58.6 Å². The Morgan fingerprint density at radius 3 is 2.47 bits per heavy atom. The molecule has 10 heteroatoms. The maximum Gasteiger partial charge on any atom is 0.336 e. The maximum absolute atomic E-state index is 13.1. The first kappa shape index (κ1) is 26.2. The summed E-state index contributed by atoms with van der Waals surface area (Å²) < 4.78 is 21.3. The Labute approximate surface area is 197 Å². The van der Waals surface area contributed by atoms with Crippen molar-refractivity contribution < 1.29 is 28.5 Å². The SMILES string of the molecule is CCOC(=O)C1=C(COCCOCCN)NC(C)=C(C(=O)O[11CH3])[C@H]1c1cccc(Cl)c1Cl. The summed E-state index contributed by atoms with van der Waals surface area (Å²) in [5.41, 5.74) is 7.27. The first-order valence-corrected chi connectivity index (χ1v) is 10.9. The second-order valence-corrected chi connectivity index (χ2v) is 7.58. The summed E-state index contributed by atoms with van der Waals surface area (Å²) in [5, 5.41) is 3.63. The first-order valence-electron chi connectivity index (χ1n) is 10.1. The Balaban J connectivity index is 2.53. The number of carbonyl (C=O) groups excluding carboxylic acids is 2. The van der Waals surface area contributed by atoms with Gasteiger partial charge in [0, 0.05) is 12.2 Å². The lowest BCUT2D eigenvalue weighted by Crippen LogP contribution is -2.35. The number of nitrogens with one attached hydrogen (secondary N) is 1. The van der Waals surface area contributed by atoms with Crippen molar-refractivity contribution in [2.75, 3.05) is 46.7 Å². The molecule has 1 aromatic carbocycles. The van der Waals surface area contributed by atoms with Crippen molar-refractivity contribution in [1.29, 1.82) is 0 Å². The molecule has 0 saturated carbocycles. The summed E-state index contributed by atoms with van der Waals surface area (Å²) in [5.74, 6) is -2.07. The Bertz CT molecular complexity index is 900. The number of allylic oxidation sites excluding steroid dienone is 1. The molecule has 8 nitrogen and oxygen atoms in total. The third-order valence-electron chi connectivity index (χ3n) is 4.72. The van der Waals surface area contributed by atoms with Gasteiger partial charge in [-0.25, -0.2) is 9.59 Å². The first-order chi connectivity index (χ1) is 15.4. The van der Waals surface area contributed by atoms with Crippen LogP contribution in [0.4, 0.5) is 0 Å². The van der Waals surface area contributed by atoms with Gasteiger partial charge in [0.15, 0.2) is 0 Å². The Morgan fingerprint density at radius 1 is 1.09 bits per heavy atom.